The Morgan fingerprint density at radius 3 is 2.75 bits per heavy atom. The van der Waals surface area contributed by atoms with Crippen LogP contribution in [0.2, 0.25) is 0 Å². The Kier molecular flexibility index (Phi) is 4.34. The van der Waals surface area contributed by atoms with E-state index in [9.17, 15) is 9.59 Å². The van der Waals surface area contributed by atoms with E-state index in [1.54, 1.807) is 10.9 Å². The Labute approximate surface area is 116 Å². The van der Waals surface area contributed by atoms with E-state index in [1.807, 2.05) is 31.2 Å². The molecule has 0 fully saturated rings. The molecule has 1 aromatic carbocycles. The van der Waals surface area contributed by atoms with Crippen molar-refractivity contribution in [1.82, 2.24) is 14.7 Å². The minimum absolute atomic E-state index is 0.0575. The van der Waals surface area contributed by atoms with Crippen LogP contribution in [0.4, 0.5) is 0 Å². The quantitative estimate of drug-likeness (QED) is 0.863. The average Bonchev–Trinajstić information content (AvgIpc) is 2.79. The molecule has 0 aliphatic heterocycles. The summed E-state index contributed by atoms with van der Waals surface area (Å²) in [6.07, 6.45) is 2.51. The number of carboxylic acid groups (broad SMARTS) is 1. The van der Waals surface area contributed by atoms with Crippen molar-refractivity contribution in [2.24, 2.45) is 0 Å². The van der Waals surface area contributed by atoms with Crippen LogP contribution in [-0.4, -0.2) is 44.8 Å². The smallest absolute Gasteiger partial charge is 0.323 e. The molecule has 1 aromatic heterocycles. The van der Waals surface area contributed by atoms with Gasteiger partial charge in [-0.05, 0) is 12.5 Å². The summed E-state index contributed by atoms with van der Waals surface area (Å²) in [5.74, 6) is -1.24. The number of aromatic nitrogens is 2. The number of amides is 1. The zero-order chi connectivity index (χ0) is 14.5. The number of benzene rings is 1. The minimum Gasteiger partial charge on any atom is -0.480 e. The third-order valence-corrected chi connectivity index (χ3v) is 2.93. The molecule has 1 N–H and O–H groups in total. The van der Waals surface area contributed by atoms with Crippen LogP contribution >= 0.6 is 0 Å². The summed E-state index contributed by atoms with van der Waals surface area (Å²) in [4.78, 5) is 24.2. The summed E-state index contributed by atoms with van der Waals surface area (Å²) in [6, 6.07) is 7.58. The zero-order valence-electron chi connectivity index (χ0n) is 11.3. The van der Waals surface area contributed by atoms with Crippen molar-refractivity contribution >= 4 is 22.8 Å². The fourth-order valence-electron chi connectivity index (χ4n) is 2.06. The Morgan fingerprint density at radius 1 is 1.35 bits per heavy atom. The van der Waals surface area contributed by atoms with Crippen molar-refractivity contribution in [3.05, 3.63) is 30.5 Å². The number of hydrogen-bond donors (Lipinski definition) is 1. The molecule has 0 radical (unpaired) electrons. The Hall–Kier alpha value is -2.37. The molecule has 0 spiro atoms. The average molecular weight is 275 g/mol. The lowest BCUT2D eigenvalue weighted by Crippen LogP contribution is -2.38. The molecule has 6 heteroatoms. The van der Waals surface area contributed by atoms with Crippen LogP contribution in [0.25, 0.3) is 10.9 Å². The lowest BCUT2D eigenvalue weighted by molar-refractivity contribution is -0.144. The van der Waals surface area contributed by atoms with Crippen LogP contribution in [0, 0.1) is 0 Å². The van der Waals surface area contributed by atoms with E-state index in [0.29, 0.717) is 6.54 Å². The van der Waals surface area contributed by atoms with Crippen molar-refractivity contribution in [1.29, 1.82) is 0 Å². The van der Waals surface area contributed by atoms with Crippen molar-refractivity contribution in [3.63, 3.8) is 0 Å². The molecule has 0 saturated carbocycles. The van der Waals surface area contributed by atoms with Gasteiger partial charge in [-0.2, -0.15) is 5.10 Å². The molecule has 0 bridgehead atoms. The van der Waals surface area contributed by atoms with Gasteiger partial charge >= 0.3 is 5.97 Å². The number of fused-ring (bicyclic) bond motifs is 1. The van der Waals surface area contributed by atoms with Crippen molar-refractivity contribution in [2.75, 3.05) is 13.1 Å². The van der Waals surface area contributed by atoms with Gasteiger partial charge in [-0.1, -0.05) is 25.1 Å². The Bertz CT molecular complexity index is 588. The molecule has 106 valence electrons. The van der Waals surface area contributed by atoms with Gasteiger partial charge in [-0.3, -0.25) is 14.3 Å². The van der Waals surface area contributed by atoms with E-state index in [-0.39, 0.29) is 19.0 Å². The summed E-state index contributed by atoms with van der Waals surface area (Å²) in [5, 5.41) is 14.1. The number of hydrogen-bond acceptors (Lipinski definition) is 3. The molecule has 0 unspecified atom stereocenters. The first kappa shape index (κ1) is 14.0. The van der Waals surface area contributed by atoms with E-state index in [2.05, 4.69) is 5.10 Å². The first-order valence-corrected chi connectivity index (χ1v) is 6.52. The second-order valence-electron chi connectivity index (χ2n) is 4.59. The maximum atomic E-state index is 12.1. The van der Waals surface area contributed by atoms with Gasteiger partial charge in [0.15, 0.2) is 0 Å². The fraction of sp³-hybridized carbons (Fsp3) is 0.357. The third-order valence-electron chi connectivity index (χ3n) is 2.93. The zero-order valence-corrected chi connectivity index (χ0v) is 11.3. The Balaban J connectivity index is 2.10. The molecule has 2 rings (SSSR count). The van der Waals surface area contributed by atoms with Crippen molar-refractivity contribution in [2.45, 2.75) is 19.9 Å². The van der Waals surface area contributed by atoms with Crippen LogP contribution in [0.3, 0.4) is 0 Å². The Morgan fingerprint density at radius 2 is 2.10 bits per heavy atom. The van der Waals surface area contributed by atoms with Gasteiger partial charge in [0.2, 0.25) is 5.91 Å². The lowest BCUT2D eigenvalue weighted by Gasteiger charge is -2.19. The molecular formula is C14H17N3O3. The maximum Gasteiger partial charge on any atom is 0.323 e. The van der Waals surface area contributed by atoms with E-state index >= 15 is 0 Å². The third kappa shape index (κ3) is 3.34. The topological polar surface area (TPSA) is 75.4 Å². The first-order valence-electron chi connectivity index (χ1n) is 6.52. The first-order chi connectivity index (χ1) is 9.60. The van der Waals surface area contributed by atoms with Gasteiger partial charge in [0.25, 0.3) is 0 Å². The highest BCUT2D eigenvalue weighted by Gasteiger charge is 2.16. The van der Waals surface area contributed by atoms with Gasteiger partial charge in [-0.25, -0.2) is 0 Å². The lowest BCUT2D eigenvalue weighted by atomic mass is 10.3. The molecule has 0 aliphatic rings. The van der Waals surface area contributed by atoms with E-state index < -0.39 is 5.97 Å². The molecule has 6 nitrogen and oxygen atoms in total. The standard InChI is InChI=1S/C14H17N3O3/c1-2-7-16(10-14(19)20)13(18)9-17-8-11-5-3-4-6-12(11)15-17/h3-6,8H,2,7,9-10H2,1H3,(H,19,20). The fourth-order valence-corrected chi connectivity index (χ4v) is 2.06. The van der Waals surface area contributed by atoms with Crippen LogP contribution in [0.1, 0.15) is 13.3 Å². The second-order valence-corrected chi connectivity index (χ2v) is 4.59. The summed E-state index contributed by atoms with van der Waals surface area (Å²) in [7, 11) is 0. The van der Waals surface area contributed by atoms with E-state index in [0.717, 1.165) is 17.3 Å². The van der Waals surface area contributed by atoms with Gasteiger partial charge in [0.1, 0.15) is 13.1 Å². The second kappa shape index (κ2) is 6.18. The maximum absolute atomic E-state index is 12.1. The number of carboxylic acids is 1. The normalized spacial score (nSPS) is 10.7. The SMILES string of the molecule is CCCN(CC(=O)O)C(=O)Cn1cc2ccccc2n1. The minimum atomic E-state index is -1.00. The molecular weight excluding hydrogens is 258 g/mol. The highest BCUT2D eigenvalue weighted by atomic mass is 16.4. The molecule has 0 aliphatic carbocycles. The van der Waals surface area contributed by atoms with Crippen LogP contribution in [0.15, 0.2) is 30.5 Å². The monoisotopic (exact) mass is 275 g/mol. The molecule has 1 heterocycles. The van der Waals surface area contributed by atoms with Crippen molar-refractivity contribution in [3.8, 4) is 0 Å². The van der Waals surface area contributed by atoms with Gasteiger partial charge in [0, 0.05) is 18.1 Å². The van der Waals surface area contributed by atoms with E-state index in [1.165, 1.54) is 4.90 Å². The predicted octanol–water partition coefficient (Wildman–Crippen LogP) is 1.36. The molecule has 2 aromatic rings. The molecule has 0 atom stereocenters. The van der Waals surface area contributed by atoms with E-state index in [4.69, 9.17) is 5.11 Å². The highest BCUT2D eigenvalue weighted by Crippen LogP contribution is 2.11. The number of carbonyl (C=O) groups is 2. The molecule has 0 saturated heterocycles. The van der Waals surface area contributed by atoms with Gasteiger partial charge in [0.05, 0.1) is 5.52 Å². The summed E-state index contributed by atoms with van der Waals surface area (Å²) in [6.45, 7) is 2.13. The molecule has 20 heavy (non-hydrogen) atoms. The number of carbonyl (C=O) groups excluding carboxylic acids is 1. The van der Waals surface area contributed by atoms with Crippen LogP contribution < -0.4 is 0 Å². The number of nitrogens with zero attached hydrogens (tertiary/aromatic N) is 3. The summed E-state index contributed by atoms with van der Waals surface area (Å²) >= 11 is 0. The number of rotatable bonds is 6. The predicted molar refractivity (Wildman–Crippen MR) is 74.2 cm³/mol. The highest BCUT2D eigenvalue weighted by molar-refractivity contribution is 5.82. The summed E-state index contributed by atoms with van der Waals surface area (Å²) < 4.78 is 1.55. The van der Waals surface area contributed by atoms with Crippen LogP contribution in [-0.2, 0) is 16.1 Å². The van der Waals surface area contributed by atoms with Gasteiger partial charge in [-0.15, -0.1) is 0 Å². The molecule has 1 amide bonds. The van der Waals surface area contributed by atoms with Crippen molar-refractivity contribution < 1.29 is 14.7 Å². The number of aliphatic carboxylic acids is 1. The van der Waals surface area contributed by atoms with Crippen LogP contribution in [0.5, 0.6) is 0 Å². The summed E-state index contributed by atoms with van der Waals surface area (Å²) in [5.41, 5.74) is 0.820. The van der Waals surface area contributed by atoms with Gasteiger partial charge < -0.3 is 10.0 Å². The largest absolute Gasteiger partial charge is 0.480 e.